The lowest BCUT2D eigenvalue weighted by Crippen LogP contribution is -2.53. The summed E-state index contributed by atoms with van der Waals surface area (Å²) >= 11 is 0. The van der Waals surface area contributed by atoms with Gasteiger partial charge in [0.1, 0.15) is 11.9 Å². The van der Waals surface area contributed by atoms with Crippen LogP contribution >= 0.6 is 0 Å². The van der Waals surface area contributed by atoms with Gasteiger partial charge < -0.3 is 4.74 Å². The maximum atomic E-state index is 5.92. The summed E-state index contributed by atoms with van der Waals surface area (Å²) in [6, 6.07) is 8.47. The first-order chi connectivity index (χ1) is 6.29. The Morgan fingerprint density at radius 3 is 2.54 bits per heavy atom. The first-order valence-electron chi connectivity index (χ1n) is 5.04. The summed E-state index contributed by atoms with van der Waals surface area (Å²) in [6.07, 6.45) is 0.472. The van der Waals surface area contributed by atoms with Gasteiger partial charge in [0.15, 0.2) is 0 Å². The van der Waals surface area contributed by atoms with Gasteiger partial charge in [-0.1, -0.05) is 32.0 Å². The van der Waals surface area contributed by atoms with Crippen molar-refractivity contribution >= 4 is 0 Å². The summed E-state index contributed by atoms with van der Waals surface area (Å²) in [6.45, 7) is 4.59. The number of rotatable bonds is 0. The van der Waals surface area contributed by atoms with Gasteiger partial charge in [0.25, 0.3) is 0 Å². The van der Waals surface area contributed by atoms with Crippen LogP contribution < -0.4 is 4.74 Å². The smallest absolute Gasteiger partial charge is 0.123 e. The Kier molecular flexibility index (Phi) is 1.30. The molecule has 4 rings (SSSR count). The highest BCUT2D eigenvalue weighted by Gasteiger charge is 2.51. The van der Waals surface area contributed by atoms with E-state index in [-0.39, 0.29) is 0 Å². The van der Waals surface area contributed by atoms with Crippen LogP contribution in [-0.4, -0.2) is 6.10 Å². The van der Waals surface area contributed by atoms with Crippen LogP contribution in [0.2, 0.25) is 0 Å². The third kappa shape index (κ3) is 0.775. The van der Waals surface area contributed by atoms with Crippen molar-refractivity contribution in [2.75, 3.05) is 0 Å². The summed E-state index contributed by atoms with van der Waals surface area (Å²) in [4.78, 5) is 0. The van der Waals surface area contributed by atoms with Gasteiger partial charge in [-0.3, -0.25) is 0 Å². The van der Waals surface area contributed by atoms with Crippen molar-refractivity contribution in [3.8, 4) is 5.75 Å². The highest BCUT2D eigenvalue weighted by molar-refractivity contribution is 5.42. The van der Waals surface area contributed by atoms with Gasteiger partial charge in [-0.15, -0.1) is 0 Å². The van der Waals surface area contributed by atoms with Crippen LogP contribution in [0.5, 0.6) is 5.75 Å². The zero-order chi connectivity index (χ0) is 9.00. The summed E-state index contributed by atoms with van der Waals surface area (Å²) in [5, 5.41) is 0. The number of benzene rings is 1. The van der Waals surface area contributed by atoms with Crippen molar-refractivity contribution in [3.05, 3.63) is 29.8 Å². The maximum absolute atomic E-state index is 5.92. The molecule has 1 aromatic carbocycles. The Hall–Kier alpha value is -0.980. The lowest BCUT2D eigenvalue weighted by atomic mass is 9.59. The zero-order valence-electron chi connectivity index (χ0n) is 8.03. The van der Waals surface area contributed by atoms with Crippen molar-refractivity contribution in [1.82, 2.24) is 0 Å². The minimum Gasteiger partial charge on any atom is -0.490 e. The summed E-state index contributed by atoms with van der Waals surface area (Å²) in [5.74, 6) is 3.29. The van der Waals surface area contributed by atoms with Crippen LogP contribution in [-0.2, 0) is 0 Å². The Bertz CT molecular complexity index is 335. The lowest BCUT2D eigenvalue weighted by molar-refractivity contribution is -0.0521. The second-order valence-electron chi connectivity index (χ2n) is 4.36. The Labute approximate surface area is 78.7 Å². The van der Waals surface area contributed by atoms with Crippen LogP contribution in [0.25, 0.3) is 0 Å². The van der Waals surface area contributed by atoms with Gasteiger partial charge >= 0.3 is 0 Å². The quantitative estimate of drug-likeness (QED) is 0.587. The van der Waals surface area contributed by atoms with Gasteiger partial charge in [-0.2, -0.15) is 0 Å². The van der Waals surface area contributed by atoms with Crippen LogP contribution in [0.4, 0.5) is 0 Å². The van der Waals surface area contributed by atoms with Crippen molar-refractivity contribution in [2.24, 2.45) is 11.8 Å². The summed E-state index contributed by atoms with van der Waals surface area (Å²) < 4.78 is 5.92. The molecule has 0 spiro atoms. The van der Waals surface area contributed by atoms with Crippen LogP contribution in [0.3, 0.4) is 0 Å². The average molecular weight is 174 g/mol. The molecule has 1 nitrogen and oxygen atoms in total. The van der Waals surface area contributed by atoms with E-state index in [1.54, 1.807) is 0 Å². The van der Waals surface area contributed by atoms with Gasteiger partial charge in [-0.05, 0) is 17.5 Å². The van der Waals surface area contributed by atoms with Gasteiger partial charge in [0.05, 0.1) is 0 Å². The molecule has 0 radical (unpaired) electrons. The molecule has 0 aromatic heterocycles. The molecule has 2 heterocycles. The minimum absolute atomic E-state index is 0.472. The third-order valence-corrected chi connectivity index (χ3v) is 3.71. The minimum atomic E-state index is 0.472. The predicted molar refractivity (Wildman–Crippen MR) is 51.9 cm³/mol. The molecule has 1 fully saturated rings. The topological polar surface area (TPSA) is 9.23 Å². The van der Waals surface area contributed by atoms with Crippen molar-refractivity contribution in [2.45, 2.75) is 25.9 Å². The Morgan fingerprint density at radius 1 is 1.08 bits per heavy atom. The zero-order valence-corrected chi connectivity index (χ0v) is 8.03. The Morgan fingerprint density at radius 2 is 1.77 bits per heavy atom. The van der Waals surface area contributed by atoms with Crippen molar-refractivity contribution in [3.63, 3.8) is 0 Å². The molecular weight excluding hydrogens is 160 g/mol. The first-order valence-corrected chi connectivity index (χ1v) is 5.04. The van der Waals surface area contributed by atoms with Crippen LogP contribution in [0, 0.1) is 11.8 Å². The fourth-order valence-corrected chi connectivity index (χ4v) is 3.01. The molecule has 1 aromatic rings. The summed E-state index contributed by atoms with van der Waals surface area (Å²) in [7, 11) is 0. The monoisotopic (exact) mass is 174 g/mol. The molecule has 2 bridgehead atoms. The van der Waals surface area contributed by atoms with Crippen molar-refractivity contribution < 1.29 is 4.74 Å². The first kappa shape index (κ1) is 7.43. The molecule has 0 N–H and O–H groups in total. The largest absolute Gasteiger partial charge is 0.490 e. The molecule has 1 heteroatoms. The van der Waals surface area contributed by atoms with E-state index in [0.717, 1.165) is 11.7 Å². The standard InChI is InChI=1S/C12H14O/c1-7-11-8(2)12(7)13-10-6-4-3-5-9(10)11/h3-8,11-12H,1-2H3. The molecule has 13 heavy (non-hydrogen) atoms. The molecule has 2 unspecified atom stereocenters. The number of para-hydroxylation sites is 1. The molecule has 0 amide bonds. The highest BCUT2D eigenvalue weighted by atomic mass is 16.5. The van der Waals surface area contributed by atoms with E-state index < -0.39 is 0 Å². The Balaban J connectivity index is 2.11. The number of hydrogen-bond acceptors (Lipinski definition) is 1. The van der Waals surface area contributed by atoms with Gasteiger partial charge in [0, 0.05) is 11.8 Å². The molecule has 68 valence electrons. The van der Waals surface area contributed by atoms with E-state index >= 15 is 0 Å². The van der Waals surface area contributed by atoms with Gasteiger partial charge in [-0.25, -0.2) is 0 Å². The SMILES string of the molecule is CC1C2Oc3ccccc3C1C2C. The van der Waals surface area contributed by atoms with E-state index in [1.807, 2.05) is 0 Å². The molecule has 0 saturated heterocycles. The maximum Gasteiger partial charge on any atom is 0.123 e. The fourth-order valence-electron chi connectivity index (χ4n) is 3.01. The fraction of sp³-hybridized carbons (Fsp3) is 0.500. The normalized spacial score (nSPS) is 40.2. The average Bonchev–Trinajstić information content (AvgIpc) is 2.18. The molecular formula is C12H14O. The second kappa shape index (κ2) is 2.28. The van der Waals surface area contributed by atoms with E-state index in [9.17, 15) is 0 Å². The molecule has 1 saturated carbocycles. The molecule has 3 aliphatic rings. The van der Waals surface area contributed by atoms with Crippen molar-refractivity contribution in [1.29, 1.82) is 0 Å². The molecule has 2 aliphatic heterocycles. The van der Waals surface area contributed by atoms with E-state index in [1.165, 1.54) is 5.56 Å². The number of hydrogen-bond donors (Lipinski definition) is 0. The third-order valence-electron chi connectivity index (χ3n) is 3.71. The highest BCUT2D eigenvalue weighted by Crippen LogP contribution is 2.55. The number of ether oxygens (including phenoxy) is 1. The summed E-state index contributed by atoms with van der Waals surface area (Å²) in [5.41, 5.74) is 1.42. The van der Waals surface area contributed by atoms with Gasteiger partial charge in [0.2, 0.25) is 0 Å². The van der Waals surface area contributed by atoms with E-state index in [2.05, 4.69) is 38.1 Å². The second-order valence-corrected chi connectivity index (χ2v) is 4.36. The van der Waals surface area contributed by atoms with Crippen LogP contribution in [0.15, 0.2) is 24.3 Å². The predicted octanol–water partition coefficient (Wildman–Crippen LogP) is 2.82. The van der Waals surface area contributed by atoms with Crippen LogP contribution in [0.1, 0.15) is 25.3 Å². The van der Waals surface area contributed by atoms with E-state index in [4.69, 9.17) is 4.74 Å². The molecule has 2 atom stereocenters. The van der Waals surface area contributed by atoms with E-state index in [0.29, 0.717) is 17.9 Å². The lowest BCUT2D eigenvalue weighted by Gasteiger charge is -2.53. The molecule has 1 aliphatic carbocycles.